The number of guanidine groups is 1. The van der Waals surface area contributed by atoms with Gasteiger partial charge in [-0.25, -0.2) is 4.79 Å². The van der Waals surface area contributed by atoms with Gasteiger partial charge in [-0.2, -0.15) is 0 Å². The minimum absolute atomic E-state index is 0.00878. The lowest BCUT2D eigenvalue weighted by Crippen LogP contribution is -2.49. The van der Waals surface area contributed by atoms with Gasteiger partial charge in [0.1, 0.15) is 0 Å². The Balaban J connectivity index is 1.77. The van der Waals surface area contributed by atoms with E-state index in [0.29, 0.717) is 26.2 Å². The molecule has 0 saturated carbocycles. The fraction of sp³-hybridized carbons (Fsp3) is 0.571. The van der Waals surface area contributed by atoms with Crippen molar-refractivity contribution >= 4 is 23.6 Å². The predicted molar refractivity (Wildman–Crippen MR) is 115 cm³/mol. The molecule has 0 aliphatic carbocycles. The van der Waals surface area contributed by atoms with Gasteiger partial charge in [0.15, 0.2) is 5.96 Å². The van der Waals surface area contributed by atoms with Gasteiger partial charge in [0.2, 0.25) is 5.91 Å². The predicted octanol–water partition coefficient (Wildman–Crippen LogP) is 2.57. The first-order valence-electron chi connectivity index (χ1n) is 10.2. The van der Waals surface area contributed by atoms with E-state index in [4.69, 9.17) is 4.74 Å². The number of rotatable bonds is 6. The van der Waals surface area contributed by atoms with Crippen molar-refractivity contribution in [3.8, 4) is 0 Å². The lowest BCUT2D eigenvalue weighted by molar-refractivity contribution is -0.118. The van der Waals surface area contributed by atoms with Gasteiger partial charge in [0.05, 0.1) is 6.61 Å². The zero-order valence-electron chi connectivity index (χ0n) is 17.8. The maximum atomic E-state index is 11.8. The van der Waals surface area contributed by atoms with Crippen molar-refractivity contribution in [1.82, 2.24) is 15.5 Å². The van der Waals surface area contributed by atoms with Gasteiger partial charge in [-0.1, -0.05) is 26.0 Å². The SMILES string of the molecule is CCOC(=O)N1CCC(NC(=NC)NCc2ccc(NC(=O)C(C)C)cc2)CC1. The molecule has 0 unspecified atom stereocenters. The Bertz CT molecular complexity index is 695. The molecule has 1 saturated heterocycles. The third-order valence-electron chi connectivity index (χ3n) is 4.79. The molecule has 160 valence electrons. The van der Waals surface area contributed by atoms with Crippen molar-refractivity contribution in [2.24, 2.45) is 10.9 Å². The lowest BCUT2D eigenvalue weighted by Gasteiger charge is -2.32. The van der Waals surface area contributed by atoms with Crippen molar-refractivity contribution in [2.45, 2.75) is 46.2 Å². The van der Waals surface area contributed by atoms with Crippen LogP contribution >= 0.6 is 0 Å². The smallest absolute Gasteiger partial charge is 0.409 e. The molecule has 2 amide bonds. The number of anilines is 1. The first-order chi connectivity index (χ1) is 13.9. The topological polar surface area (TPSA) is 95.1 Å². The van der Waals surface area contributed by atoms with Gasteiger partial charge < -0.3 is 25.6 Å². The number of carbonyl (C=O) groups is 2. The molecule has 0 aromatic heterocycles. The molecule has 0 spiro atoms. The van der Waals surface area contributed by atoms with Crippen LogP contribution in [-0.2, 0) is 16.1 Å². The third-order valence-corrected chi connectivity index (χ3v) is 4.79. The summed E-state index contributed by atoms with van der Waals surface area (Å²) in [7, 11) is 1.74. The normalized spacial score (nSPS) is 15.2. The summed E-state index contributed by atoms with van der Waals surface area (Å²) < 4.78 is 5.05. The second-order valence-electron chi connectivity index (χ2n) is 7.37. The van der Waals surface area contributed by atoms with E-state index in [1.807, 2.05) is 45.0 Å². The van der Waals surface area contributed by atoms with Crippen LogP contribution in [0.3, 0.4) is 0 Å². The largest absolute Gasteiger partial charge is 0.450 e. The Morgan fingerprint density at radius 1 is 1.21 bits per heavy atom. The Hall–Kier alpha value is -2.77. The van der Waals surface area contributed by atoms with Gasteiger partial charge in [-0.05, 0) is 37.5 Å². The molecule has 8 nitrogen and oxygen atoms in total. The number of nitrogens with one attached hydrogen (secondary N) is 3. The fourth-order valence-electron chi connectivity index (χ4n) is 2.99. The summed E-state index contributed by atoms with van der Waals surface area (Å²) >= 11 is 0. The summed E-state index contributed by atoms with van der Waals surface area (Å²) in [4.78, 5) is 29.6. The molecule has 0 bridgehead atoms. The molecule has 1 aliphatic heterocycles. The van der Waals surface area contributed by atoms with E-state index < -0.39 is 0 Å². The van der Waals surface area contributed by atoms with E-state index in [2.05, 4.69) is 20.9 Å². The average Bonchev–Trinajstić information content (AvgIpc) is 2.72. The van der Waals surface area contributed by atoms with Crippen molar-refractivity contribution in [3.05, 3.63) is 29.8 Å². The van der Waals surface area contributed by atoms with Crippen molar-refractivity contribution in [3.63, 3.8) is 0 Å². The monoisotopic (exact) mass is 403 g/mol. The van der Waals surface area contributed by atoms with Gasteiger partial charge in [-0.15, -0.1) is 0 Å². The van der Waals surface area contributed by atoms with Crippen LogP contribution in [0, 0.1) is 5.92 Å². The molecular formula is C21H33N5O3. The standard InChI is InChI=1S/C21H33N5O3/c1-5-29-21(28)26-12-10-18(11-13-26)25-20(22-4)23-14-16-6-8-17(9-7-16)24-19(27)15(2)3/h6-9,15,18H,5,10-14H2,1-4H3,(H,24,27)(H2,22,23,25). The molecule has 0 atom stereocenters. The van der Waals surface area contributed by atoms with Crippen LogP contribution in [0.5, 0.6) is 0 Å². The van der Waals surface area contributed by atoms with Crippen LogP contribution in [0.25, 0.3) is 0 Å². The number of hydrogen-bond acceptors (Lipinski definition) is 4. The van der Waals surface area contributed by atoms with E-state index in [9.17, 15) is 9.59 Å². The first-order valence-corrected chi connectivity index (χ1v) is 10.2. The van der Waals surface area contributed by atoms with Crippen molar-refractivity contribution < 1.29 is 14.3 Å². The number of likely N-dealkylation sites (tertiary alicyclic amines) is 1. The quantitative estimate of drug-likeness (QED) is 0.501. The van der Waals surface area contributed by atoms with Crippen LogP contribution in [0.1, 0.15) is 39.2 Å². The molecule has 1 aliphatic rings. The highest BCUT2D eigenvalue weighted by Crippen LogP contribution is 2.12. The number of aliphatic imine (C=N–C) groups is 1. The van der Waals surface area contributed by atoms with Crippen LogP contribution in [-0.4, -0.2) is 55.6 Å². The van der Waals surface area contributed by atoms with E-state index in [1.54, 1.807) is 11.9 Å². The van der Waals surface area contributed by atoms with Crippen molar-refractivity contribution in [2.75, 3.05) is 32.1 Å². The summed E-state index contributed by atoms with van der Waals surface area (Å²) in [5.74, 6) is 0.696. The Morgan fingerprint density at radius 2 is 1.86 bits per heavy atom. The number of benzene rings is 1. The summed E-state index contributed by atoms with van der Waals surface area (Å²) in [6, 6.07) is 8.03. The first kappa shape index (κ1) is 22.5. The number of ether oxygens (including phenoxy) is 1. The minimum atomic E-state index is -0.235. The zero-order chi connectivity index (χ0) is 21.2. The molecule has 1 fully saturated rings. The number of carbonyl (C=O) groups excluding carboxylic acids is 2. The molecule has 1 aromatic rings. The van der Waals surface area contributed by atoms with E-state index in [1.165, 1.54) is 0 Å². The molecule has 1 aromatic carbocycles. The number of piperidine rings is 1. The van der Waals surface area contributed by atoms with E-state index in [0.717, 1.165) is 30.1 Å². The highest BCUT2D eigenvalue weighted by atomic mass is 16.6. The minimum Gasteiger partial charge on any atom is -0.450 e. The van der Waals surface area contributed by atoms with E-state index in [-0.39, 0.29) is 24.0 Å². The number of amides is 2. The highest BCUT2D eigenvalue weighted by molar-refractivity contribution is 5.92. The zero-order valence-corrected chi connectivity index (χ0v) is 17.8. The van der Waals surface area contributed by atoms with Gasteiger partial charge in [0, 0.05) is 44.3 Å². The summed E-state index contributed by atoms with van der Waals surface area (Å²) in [6.07, 6.45) is 1.47. The number of nitrogens with zero attached hydrogens (tertiary/aromatic N) is 2. The fourth-order valence-corrected chi connectivity index (χ4v) is 2.99. The molecule has 8 heteroatoms. The third kappa shape index (κ3) is 7.29. The Labute approximate surface area is 173 Å². The molecular weight excluding hydrogens is 370 g/mol. The molecule has 29 heavy (non-hydrogen) atoms. The summed E-state index contributed by atoms with van der Waals surface area (Å²) in [5.41, 5.74) is 1.89. The van der Waals surface area contributed by atoms with E-state index >= 15 is 0 Å². The molecule has 0 radical (unpaired) electrons. The number of hydrogen-bond donors (Lipinski definition) is 3. The van der Waals surface area contributed by atoms with Crippen LogP contribution < -0.4 is 16.0 Å². The summed E-state index contributed by atoms with van der Waals surface area (Å²) in [5, 5.41) is 9.62. The maximum Gasteiger partial charge on any atom is 0.409 e. The van der Waals surface area contributed by atoms with Crippen LogP contribution in [0.15, 0.2) is 29.3 Å². The Kier molecular flexibility index (Phi) is 8.76. The Morgan fingerprint density at radius 3 is 2.41 bits per heavy atom. The van der Waals surface area contributed by atoms with Gasteiger partial charge >= 0.3 is 6.09 Å². The van der Waals surface area contributed by atoms with Crippen molar-refractivity contribution in [1.29, 1.82) is 0 Å². The summed E-state index contributed by atoms with van der Waals surface area (Å²) in [6.45, 7) is 7.93. The second-order valence-corrected chi connectivity index (χ2v) is 7.37. The maximum absolute atomic E-state index is 11.8. The molecule has 3 N–H and O–H groups in total. The second kappa shape index (κ2) is 11.3. The molecule has 1 heterocycles. The average molecular weight is 404 g/mol. The molecule has 2 rings (SSSR count). The lowest BCUT2D eigenvalue weighted by atomic mass is 10.1. The van der Waals surface area contributed by atoms with Crippen LogP contribution in [0.2, 0.25) is 0 Å². The van der Waals surface area contributed by atoms with Crippen LogP contribution in [0.4, 0.5) is 10.5 Å². The van der Waals surface area contributed by atoms with Gasteiger partial charge in [0.25, 0.3) is 0 Å². The highest BCUT2D eigenvalue weighted by Gasteiger charge is 2.24. The van der Waals surface area contributed by atoms with Gasteiger partial charge in [-0.3, -0.25) is 9.79 Å².